The van der Waals surface area contributed by atoms with Crippen LogP contribution in [0.1, 0.15) is 54.4 Å². The Labute approximate surface area is 159 Å². The van der Waals surface area contributed by atoms with Gasteiger partial charge in [0, 0.05) is 25.0 Å². The maximum Gasteiger partial charge on any atom is 0.271 e. The fourth-order valence-electron chi connectivity index (χ4n) is 2.70. The van der Waals surface area contributed by atoms with Gasteiger partial charge in [-0.3, -0.25) is 4.79 Å². The molecule has 0 atom stereocenters. The summed E-state index contributed by atoms with van der Waals surface area (Å²) in [6.45, 7) is 6.08. The molecule has 146 valence electrons. The average molecular weight is 372 g/mol. The van der Waals surface area contributed by atoms with Crippen LogP contribution >= 0.6 is 0 Å². The number of anilines is 3. The number of pyridine rings is 1. The summed E-state index contributed by atoms with van der Waals surface area (Å²) in [7, 11) is 0. The Hall–Kier alpha value is -2.74. The summed E-state index contributed by atoms with van der Waals surface area (Å²) in [5, 5.41) is 10.4. The number of ether oxygens (including phenoxy) is 1. The molecule has 3 heterocycles. The smallest absolute Gasteiger partial charge is 0.271 e. The monoisotopic (exact) mass is 372 g/mol. The first kappa shape index (κ1) is 20.6. The first-order chi connectivity index (χ1) is 13.0. The summed E-state index contributed by atoms with van der Waals surface area (Å²) in [6, 6.07) is 5.42. The number of nitrogens with zero attached hydrogens (tertiary/aromatic N) is 3. The highest BCUT2D eigenvalue weighted by atomic mass is 16.5. The zero-order chi connectivity index (χ0) is 19.6. The number of hydrogen-bond donors (Lipinski definition) is 3. The van der Waals surface area contributed by atoms with Crippen molar-refractivity contribution in [3.8, 4) is 0 Å². The number of rotatable bonds is 5. The van der Waals surface area contributed by atoms with Crippen molar-refractivity contribution < 1.29 is 9.53 Å². The number of carbonyl (C=O) groups excluding carboxylic acids is 1. The third-order valence-corrected chi connectivity index (χ3v) is 3.92. The number of carbonyl (C=O) groups is 1. The molecule has 2 aromatic heterocycles. The largest absolute Gasteiger partial charge is 0.382 e. The van der Waals surface area contributed by atoms with Crippen LogP contribution in [0.2, 0.25) is 0 Å². The van der Waals surface area contributed by atoms with Crippen LogP contribution in [-0.2, 0) is 11.2 Å². The second-order valence-electron chi connectivity index (χ2n) is 6.46. The van der Waals surface area contributed by atoms with Crippen LogP contribution in [-0.4, -0.2) is 34.3 Å². The molecule has 1 aliphatic rings. The van der Waals surface area contributed by atoms with Gasteiger partial charge >= 0.3 is 0 Å². The lowest BCUT2D eigenvalue weighted by atomic mass is 10.2. The van der Waals surface area contributed by atoms with E-state index in [1.165, 1.54) is 25.3 Å². The van der Waals surface area contributed by atoms with E-state index in [4.69, 9.17) is 16.2 Å². The van der Waals surface area contributed by atoms with E-state index in [9.17, 15) is 4.79 Å². The maximum absolute atomic E-state index is 11.4. The highest BCUT2D eigenvalue weighted by Crippen LogP contribution is 2.20. The molecule has 1 aliphatic heterocycles. The zero-order valence-corrected chi connectivity index (χ0v) is 16.0. The minimum atomic E-state index is -0.675. The van der Waals surface area contributed by atoms with Crippen molar-refractivity contribution >= 4 is 23.2 Å². The molecule has 0 unspecified atom stereocenters. The van der Waals surface area contributed by atoms with Crippen molar-refractivity contribution in [2.75, 3.05) is 24.3 Å². The second kappa shape index (κ2) is 10.4. The molecule has 8 nitrogen and oxygen atoms in total. The average Bonchev–Trinajstić information content (AvgIpc) is 2.63. The van der Waals surface area contributed by atoms with Gasteiger partial charge in [-0.1, -0.05) is 13.3 Å². The Morgan fingerprint density at radius 3 is 2.48 bits per heavy atom. The van der Waals surface area contributed by atoms with E-state index in [1.54, 1.807) is 0 Å². The lowest BCUT2D eigenvalue weighted by Gasteiger charge is -2.11. The summed E-state index contributed by atoms with van der Waals surface area (Å²) in [5.74, 6) is 0.142. The van der Waals surface area contributed by atoms with Crippen LogP contribution in [0.25, 0.3) is 0 Å². The molecule has 0 saturated carbocycles. The third kappa shape index (κ3) is 6.82. The van der Waals surface area contributed by atoms with Crippen molar-refractivity contribution in [3.05, 3.63) is 35.2 Å². The number of aromatic nitrogens is 3. The van der Waals surface area contributed by atoms with Gasteiger partial charge in [0.2, 0.25) is 0 Å². The van der Waals surface area contributed by atoms with Crippen molar-refractivity contribution in [2.24, 2.45) is 5.73 Å². The quantitative estimate of drug-likeness (QED) is 0.736. The molecule has 3 rings (SSSR count). The molecule has 0 spiro atoms. The molecule has 0 aliphatic carbocycles. The number of hydrogen-bond acceptors (Lipinski definition) is 7. The number of nitrogens with two attached hydrogens (primary N) is 2. The number of amides is 1. The van der Waals surface area contributed by atoms with Gasteiger partial charge in [0.25, 0.3) is 5.91 Å². The topological polar surface area (TPSA) is 129 Å². The van der Waals surface area contributed by atoms with Crippen molar-refractivity contribution in [3.63, 3.8) is 0 Å². The molecule has 5 N–H and O–H groups in total. The molecule has 0 aromatic carbocycles. The normalized spacial score (nSPS) is 13.4. The highest BCUT2D eigenvalue weighted by Gasteiger charge is 2.13. The van der Waals surface area contributed by atoms with Gasteiger partial charge in [-0.15, -0.1) is 10.2 Å². The zero-order valence-electron chi connectivity index (χ0n) is 16.0. The van der Waals surface area contributed by atoms with E-state index < -0.39 is 5.91 Å². The van der Waals surface area contributed by atoms with E-state index in [-0.39, 0.29) is 11.5 Å². The lowest BCUT2D eigenvalue weighted by Crippen LogP contribution is -2.17. The fraction of sp³-hybridized carbons (Fsp3) is 0.474. The van der Waals surface area contributed by atoms with Crippen LogP contribution in [0.4, 0.5) is 17.3 Å². The number of nitrogens with one attached hydrogen (secondary N) is 1. The molecule has 1 amide bonds. The molecular weight excluding hydrogens is 344 g/mol. The minimum absolute atomic E-state index is 0.0320. The summed E-state index contributed by atoms with van der Waals surface area (Å²) in [5.41, 5.74) is 13.4. The summed E-state index contributed by atoms with van der Waals surface area (Å²) < 4.78 is 5.07. The molecular formula is C19H28N6O2. The van der Waals surface area contributed by atoms with Crippen LogP contribution in [0.3, 0.4) is 0 Å². The van der Waals surface area contributed by atoms with Gasteiger partial charge in [-0.05, 0) is 50.3 Å². The second-order valence-corrected chi connectivity index (χ2v) is 6.46. The van der Waals surface area contributed by atoms with E-state index in [0.717, 1.165) is 37.3 Å². The van der Waals surface area contributed by atoms with Crippen molar-refractivity contribution in [1.29, 1.82) is 0 Å². The number of aryl methyl sites for hydroxylation is 2. The molecule has 2 aromatic rings. The van der Waals surface area contributed by atoms with Gasteiger partial charge in [-0.25, -0.2) is 4.98 Å². The Morgan fingerprint density at radius 2 is 1.93 bits per heavy atom. The van der Waals surface area contributed by atoms with E-state index >= 15 is 0 Å². The first-order valence-electron chi connectivity index (χ1n) is 9.25. The molecule has 8 heteroatoms. The number of primary amides is 1. The Balaban J connectivity index is 0.000000369. The molecule has 1 saturated heterocycles. The SMILES string of the molecule is C1CCOCC1.CCCc1cc(C)cc(Nc2cc(N)nnc2C(N)=O)n1. The standard InChI is InChI=1S/C14H18N6O.C5H10O/c1-3-4-9-5-8(2)6-12(17-9)18-10-7-11(15)19-20-13(10)14(16)21;1-2-4-6-5-3-1/h5-7H,3-4H2,1-2H3,(H2,16,21)(H3,15,17,18,19);1-5H2. The van der Waals surface area contributed by atoms with Crippen molar-refractivity contribution in [2.45, 2.75) is 46.0 Å². The van der Waals surface area contributed by atoms with Gasteiger partial charge in [-0.2, -0.15) is 0 Å². The Kier molecular flexibility index (Phi) is 7.94. The molecule has 0 radical (unpaired) electrons. The van der Waals surface area contributed by atoms with E-state index in [2.05, 4.69) is 27.4 Å². The van der Waals surface area contributed by atoms with E-state index in [1.807, 2.05) is 19.1 Å². The van der Waals surface area contributed by atoms with Gasteiger partial charge in [0.1, 0.15) is 11.6 Å². The molecule has 1 fully saturated rings. The van der Waals surface area contributed by atoms with Crippen LogP contribution < -0.4 is 16.8 Å². The predicted octanol–water partition coefficient (Wildman–Crippen LogP) is 2.74. The minimum Gasteiger partial charge on any atom is -0.382 e. The maximum atomic E-state index is 11.4. The lowest BCUT2D eigenvalue weighted by molar-refractivity contribution is 0.0968. The van der Waals surface area contributed by atoms with Crippen molar-refractivity contribution in [1.82, 2.24) is 15.2 Å². The third-order valence-electron chi connectivity index (χ3n) is 3.92. The molecule has 27 heavy (non-hydrogen) atoms. The predicted molar refractivity (Wildman–Crippen MR) is 106 cm³/mol. The van der Waals surface area contributed by atoms with Gasteiger partial charge < -0.3 is 21.5 Å². The van der Waals surface area contributed by atoms with E-state index in [0.29, 0.717) is 11.5 Å². The summed E-state index contributed by atoms with van der Waals surface area (Å²) in [4.78, 5) is 15.9. The summed E-state index contributed by atoms with van der Waals surface area (Å²) >= 11 is 0. The summed E-state index contributed by atoms with van der Waals surface area (Å²) in [6.07, 6.45) is 5.82. The fourth-order valence-corrected chi connectivity index (χ4v) is 2.70. The van der Waals surface area contributed by atoms with Gasteiger partial charge in [0.15, 0.2) is 5.69 Å². The van der Waals surface area contributed by atoms with Crippen LogP contribution in [0, 0.1) is 6.92 Å². The van der Waals surface area contributed by atoms with Gasteiger partial charge in [0.05, 0.1) is 5.69 Å². The first-order valence-corrected chi connectivity index (χ1v) is 9.25. The Morgan fingerprint density at radius 1 is 1.19 bits per heavy atom. The van der Waals surface area contributed by atoms with Crippen LogP contribution in [0.15, 0.2) is 18.2 Å². The molecule has 0 bridgehead atoms. The number of nitrogen functional groups attached to an aromatic ring is 1. The Bertz CT molecular complexity index is 750. The highest BCUT2D eigenvalue weighted by molar-refractivity contribution is 5.97. The van der Waals surface area contributed by atoms with Crippen LogP contribution in [0.5, 0.6) is 0 Å².